The molecule has 3 nitrogen and oxygen atoms in total. The summed E-state index contributed by atoms with van der Waals surface area (Å²) in [7, 11) is 1.75. The maximum atomic E-state index is 5.49. The van der Waals surface area contributed by atoms with E-state index in [0.29, 0.717) is 6.04 Å². The quantitative estimate of drug-likeness (QED) is 0.848. The van der Waals surface area contributed by atoms with Crippen LogP contribution in [0.1, 0.15) is 18.1 Å². The van der Waals surface area contributed by atoms with E-state index in [1.807, 2.05) is 0 Å². The van der Waals surface area contributed by atoms with Crippen molar-refractivity contribution in [1.29, 1.82) is 0 Å². The van der Waals surface area contributed by atoms with Crippen molar-refractivity contribution in [2.24, 2.45) is 0 Å². The van der Waals surface area contributed by atoms with E-state index >= 15 is 0 Å². The number of nitrogens with one attached hydrogen (secondary N) is 2. The van der Waals surface area contributed by atoms with Crippen molar-refractivity contribution in [1.82, 2.24) is 10.3 Å². The highest BCUT2D eigenvalue weighted by molar-refractivity contribution is 5.89. The summed E-state index contributed by atoms with van der Waals surface area (Å²) in [5, 5.41) is 4.91. The number of likely N-dealkylation sites (N-methyl/N-ethyl adjacent to an activating group) is 1. The summed E-state index contributed by atoms with van der Waals surface area (Å²) in [5.74, 6) is 1.01. The zero-order valence-electron chi connectivity index (χ0n) is 10.3. The first-order valence-corrected chi connectivity index (χ1v) is 6.22. The van der Waals surface area contributed by atoms with E-state index in [2.05, 4.69) is 35.6 Å². The van der Waals surface area contributed by atoms with Gasteiger partial charge in [0.15, 0.2) is 0 Å². The number of ether oxygens (including phenoxy) is 1. The van der Waals surface area contributed by atoms with Crippen LogP contribution in [0.4, 0.5) is 0 Å². The van der Waals surface area contributed by atoms with Gasteiger partial charge < -0.3 is 15.0 Å². The highest BCUT2D eigenvalue weighted by Crippen LogP contribution is 2.35. The van der Waals surface area contributed by atoms with Crippen molar-refractivity contribution >= 4 is 10.9 Å². The molecule has 1 heterocycles. The Bertz CT molecular complexity index is 544. The van der Waals surface area contributed by atoms with Crippen molar-refractivity contribution < 1.29 is 4.74 Å². The Morgan fingerprint density at radius 1 is 1.41 bits per heavy atom. The Morgan fingerprint density at radius 2 is 2.29 bits per heavy atom. The molecule has 0 spiro atoms. The zero-order valence-corrected chi connectivity index (χ0v) is 10.3. The monoisotopic (exact) mass is 230 g/mol. The molecule has 0 saturated heterocycles. The Morgan fingerprint density at radius 3 is 3.06 bits per heavy atom. The normalized spacial score (nSPS) is 18.6. The number of benzene rings is 1. The number of aromatic nitrogens is 1. The van der Waals surface area contributed by atoms with E-state index in [-0.39, 0.29) is 0 Å². The second-order valence-electron chi connectivity index (χ2n) is 4.65. The van der Waals surface area contributed by atoms with Crippen LogP contribution in [0.5, 0.6) is 5.75 Å². The Balaban J connectivity index is 2.13. The molecule has 1 aliphatic carbocycles. The van der Waals surface area contributed by atoms with Crippen LogP contribution < -0.4 is 10.1 Å². The summed E-state index contributed by atoms with van der Waals surface area (Å²) in [6.07, 6.45) is 4.30. The lowest BCUT2D eigenvalue weighted by Gasteiger charge is -2.24. The SMILES string of the molecule is CCNC1Cc2c[nH]c3ccc(OC)c(c23)C1. The van der Waals surface area contributed by atoms with Crippen LogP contribution in [0.2, 0.25) is 0 Å². The van der Waals surface area contributed by atoms with Crippen molar-refractivity contribution in [2.45, 2.75) is 25.8 Å². The van der Waals surface area contributed by atoms with Crippen molar-refractivity contribution in [3.63, 3.8) is 0 Å². The van der Waals surface area contributed by atoms with Crippen LogP contribution in [-0.2, 0) is 12.8 Å². The zero-order chi connectivity index (χ0) is 11.8. The number of hydrogen-bond acceptors (Lipinski definition) is 2. The number of H-pyrrole nitrogens is 1. The van der Waals surface area contributed by atoms with Gasteiger partial charge in [0.25, 0.3) is 0 Å². The van der Waals surface area contributed by atoms with Crippen LogP contribution in [-0.4, -0.2) is 24.7 Å². The summed E-state index contributed by atoms with van der Waals surface area (Å²) in [6.45, 7) is 3.17. The Labute approximate surface area is 101 Å². The predicted molar refractivity (Wildman–Crippen MR) is 69.7 cm³/mol. The first-order chi connectivity index (χ1) is 8.33. The maximum absolute atomic E-state index is 5.49. The Kier molecular flexibility index (Phi) is 2.56. The summed E-state index contributed by atoms with van der Waals surface area (Å²) >= 11 is 0. The first-order valence-electron chi connectivity index (χ1n) is 6.22. The van der Waals surface area contributed by atoms with Gasteiger partial charge in [-0.3, -0.25) is 0 Å². The molecule has 3 heteroatoms. The minimum atomic E-state index is 0.530. The molecule has 0 saturated carbocycles. The molecule has 0 bridgehead atoms. The van der Waals surface area contributed by atoms with Gasteiger partial charge in [0, 0.05) is 28.7 Å². The number of methoxy groups -OCH3 is 1. The van der Waals surface area contributed by atoms with Gasteiger partial charge in [-0.15, -0.1) is 0 Å². The third-order valence-corrected chi connectivity index (χ3v) is 3.62. The van der Waals surface area contributed by atoms with Crippen LogP contribution in [0.3, 0.4) is 0 Å². The lowest BCUT2D eigenvalue weighted by Crippen LogP contribution is -2.34. The summed E-state index contributed by atoms with van der Waals surface area (Å²) < 4.78 is 5.49. The molecular weight excluding hydrogens is 212 g/mol. The average molecular weight is 230 g/mol. The van der Waals surface area contributed by atoms with Gasteiger partial charge in [0.05, 0.1) is 7.11 Å². The number of rotatable bonds is 3. The average Bonchev–Trinajstić information content (AvgIpc) is 2.75. The molecule has 0 fully saturated rings. The van der Waals surface area contributed by atoms with E-state index in [1.54, 1.807) is 7.11 Å². The van der Waals surface area contributed by atoms with Gasteiger partial charge in [-0.05, 0) is 37.1 Å². The van der Waals surface area contributed by atoms with Gasteiger partial charge >= 0.3 is 0 Å². The molecule has 2 aromatic rings. The van der Waals surface area contributed by atoms with Crippen molar-refractivity contribution in [3.05, 3.63) is 29.5 Å². The fourth-order valence-electron chi connectivity index (χ4n) is 2.92. The van der Waals surface area contributed by atoms with Crippen LogP contribution in [0.15, 0.2) is 18.3 Å². The minimum absolute atomic E-state index is 0.530. The van der Waals surface area contributed by atoms with E-state index in [9.17, 15) is 0 Å². The molecule has 1 aromatic carbocycles. The van der Waals surface area contributed by atoms with Crippen LogP contribution in [0.25, 0.3) is 10.9 Å². The number of hydrogen-bond donors (Lipinski definition) is 2. The van der Waals surface area contributed by atoms with E-state index in [0.717, 1.165) is 25.1 Å². The molecule has 3 rings (SSSR count). The van der Waals surface area contributed by atoms with Gasteiger partial charge in [-0.25, -0.2) is 0 Å². The second kappa shape index (κ2) is 4.08. The van der Waals surface area contributed by atoms with Gasteiger partial charge in [-0.1, -0.05) is 6.92 Å². The molecule has 1 atom stereocenters. The topological polar surface area (TPSA) is 37.0 Å². The second-order valence-corrected chi connectivity index (χ2v) is 4.65. The predicted octanol–water partition coefficient (Wildman–Crippen LogP) is 2.25. The van der Waals surface area contributed by atoms with E-state index < -0.39 is 0 Å². The summed E-state index contributed by atoms with van der Waals surface area (Å²) in [5.41, 5.74) is 3.98. The van der Waals surface area contributed by atoms with Gasteiger partial charge in [0.2, 0.25) is 0 Å². The van der Waals surface area contributed by atoms with Gasteiger partial charge in [0.1, 0.15) is 5.75 Å². The minimum Gasteiger partial charge on any atom is -0.496 e. The molecule has 0 radical (unpaired) electrons. The molecule has 2 N–H and O–H groups in total. The van der Waals surface area contributed by atoms with E-state index in [1.165, 1.54) is 22.0 Å². The molecule has 1 unspecified atom stereocenters. The van der Waals surface area contributed by atoms with Crippen molar-refractivity contribution in [3.8, 4) is 5.75 Å². The smallest absolute Gasteiger partial charge is 0.122 e. The molecule has 90 valence electrons. The van der Waals surface area contributed by atoms with Crippen LogP contribution in [0, 0.1) is 0 Å². The fourth-order valence-corrected chi connectivity index (χ4v) is 2.92. The molecule has 17 heavy (non-hydrogen) atoms. The standard InChI is InChI=1S/C14H18N2O/c1-3-15-10-6-9-8-16-12-4-5-13(17-2)11(7-10)14(9)12/h4-5,8,10,15-16H,3,6-7H2,1-2H3. The van der Waals surface area contributed by atoms with E-state index in [4.69, 9.17) is 4.74 Å². The third kappa shape index (κ3) is 1.62. The lowest BCUT2D eigenvalue weighted by molar-refractivity contribution is 0.404. The largest absolute Gasteiger partial charge is 0.496 e. The summed E-state index contributed by atoms with van der Waals surface area (Å²) in [6, 6.07) is 4.70. The highest BCUT2D eigenvalue weighted by atomic mass is 16.5. The molecule has 1 aliphatic rings. The summed E-state index contributed by atoms with van der Waals surface area (Å²) in [4.78, 5) is 3.35. The first kappa shape index (κ1) is 10.7. The molecule has 0 aliphatic heterocycles. The molecule has 0 amide bonds. The highest BCUT2D eigenvalue weighted by Gasteiger charge is 2.23. The fraction of sp³-hybridized carbons (Fsp3) is 0.429. The molecule has 1 aromatic heterocycles. The number of aromatic amines is 1. The van der Waals surface area contributed by atoms with Crippen molar-refractivity contribution in [2.75, 3.05) is 13.7 Å². The van der Waals surface area contributed by atoms with Gasteiger partial charge in [-0.2, -0.15) is 0 Å². The molecular formula is C14H18N2O. The third-order valence-electron chi connectivity index (χ3n) is 3.62. The maximum Gasteiger partial charge on any atom is 0.122 e. The lowest BCUT2D eigenvalue weighted by atomic mass is 9.88. The Hall–Kier alpha value is -1.48. The van der Waals surface area contributed by atoms with Crippen LogP contribution >= 0.6 is 0 Å².